The number of esters is 1. The molecule has 53 heavy (non-hydrogen) atoms. The molecule has 13 nitrogen and oxygen atoms in total. The number of piperazine rings is 2. The van der Waals surface area contributed by atoms with Crippen molar-refractivity contribution in [1.29, 1.82) is 0 Å². The Balaban J connectivity index is 1.29. The Morgan fingerprint density at radius 1 is 0.736 bits per heavy atom. The maximum absolute atomic E-state index is 15.3. The maximum Gasteiger partial charge on any atom is 0.309 e. The number of likely N-dealkylation sites (N-methyl/N-ethyl adjacent to an activating group) is 2. The van der Waals surface area contributed by atoms with Gasteiger partial charge < -0.3 is 30.3 Å². The van der Waals surface area contributed by atoms with Crippen molar-refractivity contribution >= 4 is 84.1 Å². The summed E-state index contributed by atoms with van der Waals surface area (Å²) in [6.07, 6.45) is -3.12. The third kappa shape index (κ3) is 3.06. The molecule has 1 saturated carbocycles. The molecule has 0 aromatic heterocycles. The molecule has 10 atom stereocenters. The van der Waals surface area contributed by atoms with Crippen LogP contribution in [0.15, 0.2) is 48.5 Å². The highest BCUT2D eigenvalue weighted by molar-refractivity contribution is 8.78. The minimum atomic E-state index is -1.79. The Morgan fingerprint density at radius 2 is 1.21 bits per heavy atom. The van der Waals surface area contributed by atoms with E-state index in [-0.39, 0.29) is 23.6 Å². The first-order valence-electron chi connectivity index (χ1n) is 18.0. The molecule has 4 bridgehead atoms. The number of amides is 4. The zero-order valence-electron chi connectivity index (χ0n) is 29.2. The molecule has 4 amide bonds. The molecule has 9 fully saturated rings. The van der Waals surface area contributed by atoms with E-state index in [0.717, 1.165) is 0 Å². The number of hydrogen-bond acceptors (Lipinski definition) is 13. The van der Waals surface area contributed by atoms with Gasteiger partial charge in [0.1, 0.15) is 18.4 Å². The molecule has 13 rings (SSSR count). The molecule has 10 aliphatic heterocycles. The Labute approximate surface area is 320 Å². The lowest BCUT2D eigenvalue weighted by atomic mass is 9.52. The second-order valence-electron chi connectivity index (χ2n) is 15.5. The van der Waals surface area contributed by atoms with Crippen LogP contribution < -0.4 is 10.6 Å². The van der Waals surface area contributed by atoms with Crippen molar-refractivity contribution in [2.45, 2.75) is 94.4 Å². The van der Waals surface area contributed by atoms with Gasteiger partial charge in [-0.05, 0) is 70.5 Å². The number of hydrogen-bond donors (Lipinski definition) is 3. The maximum atomic E-state index is 15.3. The fourth-order valence-electron chi connectivity index (χ4n) is 11.2. The molecule has 276 valence electrons. The Morgan fingerprint density at radius 3 is 1.75 bits per heavy atom. The molecule has 10 heterocycles. The van der Waals surface area contributed by atoms with Gasteiger partial charge in [0, 0.05) is 25.5 Å². The summed E-state index contributed by atoms with van der Waals surface area (Å²) >= 11 is 0. The Kier molecular flexibility index (Phi) is 6.21. The van der Waals surface area contributed by atoms with E-state index in [1.54, 1.807) is 23.9 Å². The third-order valence-electron chi connectivity index (χ3n) is 13.8. The standard InChI is InChI=1S/C36H36N6O7S4/c1-5-31-27(45)41-25-33(18-11-7-9-13-20(18)37-25,23(44)35(41,52-50-31)29(47)39(31)3)34-19-12-8-10-14-21(19)38-26(34)42-28(46)32(6-2)40(4)30(48)36(42,53-51-32)24(34)49-22(43)17-15-16-17/h7-14,17,23-26,37-38,44H,5-6,15-16H2,1-4H3/t23-,24-,25+,26+,31-,32-,33?,34+,35-,36-/m0/s1. The zero-order chi connectivity index (χ0) is 36.8. The lowest BCUT2D eigenvalue weighted by molar-refractivity contribution is -0.174. The van der Waals surface area contributed by atoms with E-state index < -0.39 is 66.7 Å². The number of fused-ring (bicyclic) bond motifs is 11. The molecule has 11 aliphatic rings. The molecule has 2 spiro atoms. The monoisotopic (exact) mass is 792 g/mol. The number of carbonyl (C=O) groups is 5. The van der Waals surface area contributed by atoms with E-state index in [2.05, 4.69) is 10.6 Å². The second-order valence-corrected chi connectivity index (χ2v) is 20.8. The average Bonchev–Trinajstić information content (AvgIpc) is 3.78. The van der Waals surface area contributed by atoms with E-state index in [9.17, 15) is 14.7 Å². The van der Waals surface area contributed by atoms with Crippen molar-refractivity contribution in [3.8, 4) is 0 Å². The molecular formula is C36H36N6O7S4. The Bertz CT molecular complexity index is 2140. The van der Waals surface area contributed by atoms with Gasteiger partial charge in [0.05, 0.1) is 16.7 Å². The van der Waals surface area contributed by atoms with Crippen molar-refractivity contribution in [3.63, 3.8) is 0 Å². The number of rotatable bonds is 5. The molecule has 0 radical (unpaired) electrons. The summed E-state index contributed by atoms with van der Waals surface area (Å²) in [7, 11) is 8.30. The number of para-hydroxylation sites is 2. The summed E-state index contributed by atoms with van der Waals surface area (Å²) in [6.45, 7) is 3.75. The number of ether oxygens (including phenoxy) is 1. The number of carbonyl (C=O) groups excluding carboxylic acids is 5. The largest absolute Gasteiger partial charge is 0.457 e. The molecule has 2 aromatic carbocycles. The van der Waals surface area contributed by atoms with Crippen LogP contribution in [0.2, 0.25) is 0 Å². The smallest absolute Gasteiger partial charge is 0.309 e. The van der Waals surface area contributed by atoms with Crippen molar-refractivity contribution in [2.24, 2.45) is 5.92 Å². The fraction of sp³-hybridized carbons (Fsp3) is 0.528. The van der Waals surface area contributed by atoms with Crippen molar-refractivity contribution in [1.82, 2.24) is 19.6 Å². The lowest BCUT2D eigenvalue weighted by Crippen LogP contribution is -2.78. The van der Waals surface area contributed by atoms with E-state index in [0.29, 0.717) is 48.2 Å². The van der Waals surface area contributed by atoms with E-state index in [4.69, 9.17) is 4.74 Å². The van der Waals surface area contributed by atoms with Gasteiger partial charge in [-0.15, -0.1) is 0 Å². The summed E-state index contributed by atoms with van der Waals surface area (Å²) in [5, 5.41) is 21.0. The van der Waals surface area contributed by atoms with Crippen LogP contribution in [0.3, 0.4) is 0 Å². The van der Waals surface area contributed by atoms with Crippen molar-refractivity contribution in [3.05, 3.63) is 59.7 Å². The van der Waals surface area contributed by atoms with Crippen LogP contribution in [0.25, 0.3) is 0 Å². The summed E-state index contributed by atoms with van der Waals surface area (Å²) in [4.78, 5) is 75.2. The molecule has 1 aliphatic carbocycles. The highest BCUT2D eigenvalue weighted by atomic mass is 33.1. The van der Waals surface area contributed by atoms with Crippen LogP contribution in [0, 0.1) is 5.92 Å². The molecule has 3 N–H and O–H groups in total. The van der Waals surface area contributed by atoms with Gasteiger partial charge in [-0.1, -0.05) is 71.8 Å². The first kappa shape index (κ1) is 33.1. The minimum Gasteiger partial charge on any atom is -0.457 e. The van der Waals surface area contributed by atoms with Crippen LogP contribution >= 0.6 is 43.2 Å². The van der Waals surface area contributed by atoms with Crippen LogP contribution in [0.4, 0.5) is 11.4 Å². The fourth-order valence-corrected chi connectivity index (χ4v) is 19.1. The SMILES string of the molecule is CC[C@@]12SS[C@]3(C(=O)N1C)[C@@H](O)C1([C@@]45c6ccccc6N[C@@H]4N4C(=O)[C@]6(CC)SS[C@]4(C(=O)N6C)[C@H]5OC(=O)C4CC4)c4ccccc4N[C@@H]1N3C2=O. The Hall–Kier alpha value is -3.25. The molecule has 17 heteroatoms. The quantitative estimate of drug-likeness (QED) is 0.301. The van der Waals surface area contributed by atoms with Crippen LogP contribution in [-0.2, 0) is 39.5 Å². The van der Waals surface area contributed by atoms with E-state index in [1.165, 1.54) is 53.0 Å². The van der Waals surface area contributed by atoms with Gasteiger partial charge in [0.2, 0.25) is 9.74 Å². The first-order valence-corrected chi connectivity index (χ1v) is 22.3. The number of benzene rings is 2. The molecule has 1 unspecified atom stereocenters. The molecular weight excluding hydrogens is 757 g/mol. The average molecular weight is 793 g/mol. The lowest BCUT2D eigenvalue weighted by Gasteiger charge is -2.59. The summed E-state index contributed by atoms with van der Waals surface area (Å²) < 4.78 is 6.85. The third-order valence-corrected chi connectivity index (χ3v) is 21.4. The van der Waals surface area contributed by atoms with E-state index >= 15 is 14.4 Å². The van der Waals surface area contributed by atoms with Crippen LogP contribution in [-0.4, -0.2) is 112 Å². The molecule has 2 aromatic rings. The predicted molar refractivity (Wildman–Crippen MR) is 201 cm³/mol. The van der Waals surface area contributed by atoms with Crippen molar-refractivity contribution < 1.29 is 33.8 Å². The number of nitrogens with one attached hydrogen (secondary N) is 2. The van der Waals surface area contributed by atoms with Gasteiger partial charge in [-0.25, -0.2) is 0 Å². The second kappa shape index (κ2) is 9.94. The van der Waals surface area contributed by atoms with Gasteiger partial charge >= 0.3 is 5.97 Å². The number of aliphatic hydroxyl groups is 1. The minimum absolute atomic E-state index is 0.302. The van der Waals surface area contributed by atoms with Gasteiger partial charge in [0.25, 0.3) is 23.6 Å². The van der Waals surface area contributed by atoms with Gasteiger partial charge in [0.15, 0.2) is 15.8 Å². The summed E-state index contributed by atoms with van der Waals surface area (Å²) in [5.74, 6) is -2.23. The van der Waals surface area contributed by atoms with E-state index in [1.807, 2.05) is 62.4 Å². The van der Waals surface area contributed by atoms with Crippen LogP contribution in [0.1, 0.15) is 50.7 Å². The van der Waals surface area contributed by atoms with Crippen molar-refractivity contribution in [2.75, 3.05) is 24.7 Å². The number of nitrogens with zero attached hydrogens (tertiary/aromatic N) is 4. The van der Waals surface area contributed by atoms with Crippen LogP contribution in [0.5, 0.6) is 0 Å². The van der Waals surface area contributed by atoms with Gasteiger partial charge in [-0.3, -0.25) is 33.8 Å². The molecule has 8 saturated heterocycles. The highest BCUT2D eigenvalue weighted by Crippen LogP contribution is 2.79. The predicted octanol–water partition coefficient (Wildman–Crippen LogP) is 3.07. The zero-order valence-corrected chi connectivity index (χ0v) is 32.4. The number of anilines is 2. The first-order chi connectivity index (χ1) is 25.4. The highest BCUT2D eigenvalue weighted by Gasteiger charge is 2.94. The topological polar surface area (TPSA) is 152 Å². The summed E-state index contributed by atoms with van der Waals surface area (Å²) in [5.41, 5.74) is -0.750. The van der Waals surface area contributed by atoms with Gasteiger partial charge in [-0.2, -0.15) is 0 Å². The number of aliphatic hydroxyl groups excluding tert-OH is 1. The normalized spacial score (nSPS) is 43.6. The summed E-state index contributed by atoms with van der Waals surface area (Å²) in [6, 6.07) is 15.0.